The number of carbonyl (C=O) groups is 1. The van der Waals surface area contributed by atoms with Crippen molar-refractivity contribution in [3.63, 3.8) is 0 Å². The van der Waals surface area contributed by atoms with Gasteiger partial charge in [-0.25, -0.2) is 9.97 Å². The lowest BCUT2D eigenvalue weighted by Gasteiger charge is -2.10. The van der Waals surface area contributed by atoms with Crippen molar-refractivity contribution in [1.82, 2.24) is 20.0 Å². The van der Waals surface area contributed by atoms with Gasteiger partial charge in [0, 0.05) is 18.0 Å². The molecule has 1 saturated heterocycles. The Labute approximate surface area is 176 Å². The van der Waals surface area contributed by atoms with Gasteiger partial charge in [-0.1, -0.05) is 18.2 Å². The molecular formula is C21H20N6O2S. The highest BCUT2D eigenvalue weighted by Crippen LogP contribution is 2.28. The number of ether oxygens (including phenoxy) is 1. The molecule has 0 bridgehead atoms. The van der Waals surface area contributed by atoms with E-state index in [2.05, 4.69) is 20.4 Å². The molecule has 1 atom stereocenters. The molecule has 152 valence electrons. The molecule has 8 nitrogen and oxygen atoms in total. The summed E-state index contributed by atoms with van der Waals surface area (Å²) in [6, 6.07) is 11.4. The Kier molecular flexibility index (Phi) is 4.89. The smallest absolute Gasteiger partial charge is 0.257 e. The van der Waals surface area contributed by atoms with E-state index >= 15 is 0 Å². The fraction of sp³-hybridized carbons (Fsp3) is 0.238. The Morgan fingerprint density at radius 3 is 2.87 bits per heavy atom. The number of nitrogen functional groups attached to an aromatic ring is 1. The Balaban J connectivity index is 1.60. The first-order chi connectivity index (χ1) is 14.7. The van der Waals surface area contributed by atoms with Crippen LogP contribution >= 0.6 is 11.3 Å². The number of carbonyl (C=O) groups excluding carboxylic acids is 1. The average Bonchev–Trinajstić information content (AvgIpc) is 3.50. The Morgan fingerprint density at radius 2 is 2.13 bits per heavy atom. The second-order valence-corrected chi connectivity index (χ2v) is 8.04. The summed E-state index contributed by atoms with van der Waals surface area (Å²) in [5, 5.41) is 9.39. The van der Waals surface area contributed by atoms with Gasteiger partial charge in [0.05, 0.1) is 23.4 Å². The molecule has 1 amide bonds. The van der Waals surface area contributed by atoms with E-state index < -0.39 is 0 Å². The minimum Gasteiger partial charge on any atom is -0.383 e. The van der Waals surface area contributed by atoms with Crippen LogP contribution in [-0.2, 0) is 4.74 Å². The highest BCUT2D eigenvalue weighted by Gasteiger charge is 2.25. The summed E-state index contributed by atoms with van der Waals surface area (Å²) in [4.78, 5) is 23.4. The summed E-state index contributed by atoms with van der Waals surface area (Å²) in [6.45, 7) is 1.17. The number of nitrogens with two attached hydrogens (primary N) is 1. The van der Waals surface area contributed by atoms with Crippen LogP contribution in [-0.4, -0.2) is 46.0 Å². The van der Waals surface area contributed by atoms with E-state index in [0.717, 1.165) is 24.3 Å². The van der Waals surface area contributed by atoms with E-state index in [4.69, 9.17) is 10.5 Å². The number of thiophene rings is 1. The number of aromatic nitrogens is 3. The molecule has 1 aliphatic heterocycles. The molecule has 3 N–H and O–H groups in total. The van der Waals surface area contributed by atoms with Gasteiger partial charge in [0.15, 0.2) is 5.65 Å². The molecule has 0 spiro atoms. The maximum atomic E-state index is 13.0. The fourth-order valence-electron chi connectivity index (χ4n) is 3.57. The number of hydrogen-bond donors (Lipinski definition) is 2. The molecule has 9 heteroatoms. The summed E-state index contributed by atoms with van der Waals surface area (Å²) < 4.78 is 7.08. The largest absolute Gasteiger partial charge is 0.383 e. The third kappa shape index (κ3) is 3.42. The van der Waals surface area contributed by atoms with Crippen LogP contribution in [0.1, 0.15) is 28.1 Å². The lowest BCUT2D eigenvalue weighted by Crippen LogP contribution is -2.32. The number of rotatable bonds is 5. The van der Waals surface area contributed by atoms with Crippen LogP contribution < -0.4 is 11.1 Å². The van der Waals surface area contributed by atoms with Gasteiger partial charge in [-0.2, -0.15) is 9.78 Å². The molecule has 1 unspecified atom stereocenters. The molecule has 4 heterocycles. The van der Waals surface area contributed by atoms with Gasteiger partial charge in [0.2, 0.25) is 0 Å². The van der Waals surface area contributed by atoms with Crippen LogP contribution in [0.15, 0.2) is 46.9 Å². The number of benzene rings is 1. The predicted octanol–water partition coefficient (Wildman–Crippen LogP) is 3.02. The second kappa shape index (κ2) is 7.85. The van der Waals surface area contributed by atoms with Crippen molar-refractivity contribution < 1.29 is 9.53 Å². The van der Waals surface area contributed by atoms with Crippen LogP contribution in [0.25, 0.3) is 22.2 Å². The van der Waals surface area contributed by atoms with Crippen molar-refractivity contribution in [2.75, 3.05) is 18.9 Å². The number of anilines is 1. The Bertz CT molecular complexity index is 1240. The van der Waals surface area contributed by atoms with E-state index in [1.165, 1.54) is 4.68 Å². The summed E-state index contributed by atoms with van der Waals surface area (Å²) in [5.74, 6) is -0.0967. The average molecular weight is 420 g/mol. The minimum absolute atomic E-state index is 0.0345. The van der Waals surface area contributed by atoms with E-state index in [1.807, 2.05) is 41.8 Å². The third-order valence-electron chi connectivity index (χ3n) is 5.06. The van der Waals surface area contributed by atoms with Gasteiger partial charge in [0.1, 0.15) is 16.9 Å². The normalized spacial score (nSPS) is 16.7. The molecule has 30 heavy (non-hydrogen) atoms. The van der Waals surface area contributed by atoms with Gasteiger partial charge in [-0.3, -0.25) is 4.79 Å². The van der Waals surface area contributed by atoms with Crippen LogP contribution in [0, 0.1) is 0 Å². The first kappa shape index (κ1) is 18.7. The van der Waals surface area contributed by atoms with Crippen molar-refractivity contribution in [3.8, 4) is 0 Å². The molecule has 0 aliphatic carbocycles. The lowest BCUT2D eigenvalue weighted by molar-refractivity contribution is 0.0859. The highest BCUT2D eigenvalue weighted by molar-refractivity contribution is 7.11. The number of nitrogens with one attached hydrogen (secondary N) is 1. The van der Waals surface area contributed by atoms with Crippen molar-refractivity contribution in [2.24, 2.45) is 5.10 Å². The second-order valence-electron chi connectivity index (χ2n) is 7.06. The first-order valence-electron chi connectivity index (χ1n) is 9.75. The zero-order valence-corrected chi connectivity index (χ0v) is 16.9. The molecule has 4 aromatic rings. The summed E-state index contributed by atoms with van der Waals surface area (Å²) in [6.07, 6.45) is 3.68. The van der Waals surface area contributed by atoms with Gasteiger partial charge >= 0.3 is 0 Å². The molecule has 1 aromatic carbocycles. The van der Waals surface area contributed by atoms with Crippen molar-refractivity contribution in [2.45, 2.75) is 18.9 Å². The van der Waals surface area contributed by atoms with E-state index in [-0.39, 0.29) is 23.4 Å². The SMILES string of the molecule is Nc1c(C(=O)NCC2CCCO2)c2nc3ccccc3nc2n1/N=C\c1cccs1. The topological polar surface area (TPSA) is 107 Å². The molecule has 5 rings (SSSR count). The Hall–Kier alpha value is -3.30. The van der Waals surface area contributed by atoms with Gasteiger partial charge < -0.3 is 15.8 Å². The zero-order valence-electron chi connectivity index (χ0n) is 16.1. The lowest BCUT2D eigenvalue weighted by atomic mass is 10.2. The van der Waals surface area contributed by atoms with Crippen LogP contribution in [0.5, 0.6) is 0 Å². The summed E-state index contributed by atoms with van der Waals surface area (Å²) >= 11 is 1.56. The fourth-order valence-corrected chi connectivity index (χ4v) is 4.15. The van der Waals surface area contributed by atoms with E-state index in [0.29, 0.717) is 28.7 Å². The highest BCUT2D eigenvalue weighted by atomic mass is 32.1. The van der Waals surface area contributed by atoms with Crippen molar-refractivity contribution in [3.05, 3.63) is 52.2 Å². The third-order valence-corrected chi connectivity index (χ3v) is 5.87. The van der Waals surface area contributed by atoms with Crippen LogP contribution in [0.4, 0.5) is 5.82 Å². The zero-order chi connectivity index (χ0) is 20.5. The number of amides is 1. The molecule has 3 aromatic heterocycles. The first-order valence-corrected chi connectivity index (χ1v) is 10.6. The number of nitrogens with zero attached hydrogens (tertiary/aromatic N) is 4. The minimum atomic E-state index is -0.303. The molecule has 0 radical (unpaired) electrons. The number of fused-ring (bicyclic) bond motifs is 2. The summed E-state index contributed by atoms with van der Waals surface area (Å²) in [5.41, 5.74) is 8.94. The molecule has 1 aliphatic rings. The maximum absolute atomic E-state index is 13.0. The van der Waals surface area contributed by atoms with Gasteiger partial charge in [0.25, 0.3) is 5.91 Å². The molecular weight excluding hydrogens is 400 g/mol. The quantitative estimate of drug-likeness (QED) is 0.483. The van der Waals surface area contributed by atoms with E-state index in [9.17, 15) is 4.79 Å². The van der Waals surface area contributed by atoms with Gasteiger partial charge in [-0.15, -0.1) is 11.3 Å². The van der Waals surface area contributed by atoms with Gasteiger partial charge in [-0.05, 0) is 36.4 Å². The van der Waals surface area contributed by atoms with Crippen LogP contribution in [0.3, 0.4) is 0 Å². The van der Waals surface area contributed by atoms with E-state index in [1.54, 1.807) is 17.6 Å². The summed E-state index contributed by atoms with van der Waals surface area (Å²) in [7, 11) is 0. The van der Waals surface area contributed by atoms with Crippen molar-refractivity contribution >= 4 is 51.5 Å². The number of hydrogen-bond acceptors (Lipinski definition) is 7. The number of para-hydroxylation sites is 2. The monoisotopic (exact) mass is 420 g/mol. The molecule has 1 fully saturated rings. The van der Waals surface area contributed by atoms with Crippen LogP contribution in [0.2, 0.25) is 0 Å². The standard InChI is InChI=1S/C21H20N6O2S/c22-19-17(21(28)23-11-13-5-3-9-29-13)18-20(26-16-8-2-1-7-15(16)25-18)27(19)24-12-14-6-4-10-30-14/h1-2,4,6-8,10,12-13H,3,5,9,11,22H2,(H,23,28)/b24-12-. The van der Waals surface area contributed by atoms with Crippen molar-refractivity contribution in [1.29, 1.82) is 0 Å². The predicted molar refractivity (Wildman–Crippen MR) is 118 cm³/mol. The maximum Gasteiger partial charge on any atom is 0.257 e. The molecule has 0 saturated carbocycles. The Morgan fingerprint density at radius 1 is 1.30 bits per heavy atom.